The highest BCUT2D eigenvalue weighted by molar-refractivity contribution is 6.02. The molecule has 0 unspecified atom stereocenters. The fourth-order valence-corrected chi connectivity index (χ4v) is 2.31. The molecule has 0 saturated carbocycles. The van der Waals surface area contributed by atoms with Gasteiger partial charge in [0.25, 0.3) is 0 Å². The topological polar surface area (TPSA) is 54.7 Å². The second kappa shape index (κ2) is 3.88. The summed E-state index contributed by atoms with van der Waals surface area (Å²) in [5, 5.41) is 1.01. The lowest BCUT2D eigenvalue weighted by molar-refractivity contribution is 1.29. The molecule has 3 nitrogen and oxygen atoms in total. The molecule has 0 bridgehead atoms. The van der Waals surface area contributed by atoms with Crippen molar-refractivity contribution in [2.45, 2.75) is 13.8 Å². The van der Waals surface area contributed by atoms with Crippen LogP contribution in [-0.4, -0.2) is 9.97 Å². The highest BCUT2D eigenvalue weighted by atomic mass is 14.9. The molecule has 1 aromatic carbocycles. The van der Waals surface area contributed by atoms with Crippen molar-refractivity contribution in [3.8, 4) is 11.1 Å². The van der Waals surface area contributed by atoms with Crippen molar-refractivity contribution < 1.29 is 0 Å². The molecule has 0 aliphatic heterocycles. The first-order valence-electron chi connectivity index (χ1n) is 5.96. The number of benzene rings is 1. The minimum absolute atomic E-state index is 0.747. The summed E-state index contributed by atoms with van der Waals surface area (Å²) in [4.78, 5) is 7.47. The van der Waals surface area contributed by atoms with E-state index in [0.717, 1.165) is 22.3 Å². The normalized spacial score (nSPS) is 11.0. The zero-order chi connectivity index (χ0) is 12.7. The Morgan fingerprint density at radius 1 is 1.11 bits per heavy atom. The lowest BCUT2D eigenvalue weighted by Crippen LogP contribution is -1.90. The molecule has 90 valence electrons. The van der Waals surface area contributed by atoms with Gasteiger partial charge in [0.15, 0.2) is 0 Å². The number of fused-ring (bicyclic) bond motifs is 1. The molecular weight excluding hydrogens is 222 g/mol. The van der Waals surface area contributed by atoms with Crippen molar-refractivity contribution >= 4 is 16.7 Å². The second-order valence-electron chi connectivity index (χ2n) is 4.65. The Bertz CT molecular complexity index is 708. The van der Waals surface area contributed by atoms with E-state index in [2.05, 4.69) is 48.1 Å². The number of hydrogen-bond acceptors (Lipinski definition) is 2. The Morgan fingerprint density at radius 2 is 1.83 bits per heavy atom. The highest BCUT2D eigenvalue weighted by Crippen LogP contribution is 2.34. The summed E-state index contributed by atoms with van der Waals surface area (Å²) < 4.78 is 0. The van der Waals surface area contributed by atoms with Crippen molar-refractivity contribution in [1.29, 1.82) is 0 Å². The molecule has 18 heavy (non-hydrogen) atoms. The maximum Gasteiger partial charge on any atom is 0.140 e. The number of nitrogens with one attached hydrogen (secondary N) is 1. The van der Waals surface area contributed by atoms with Crippen LogP contribution in [0.3, 0.4) is 0 Å². The zero-order valence-corrected chi connectivity index (χ0v) is 10.5. The molecule has 0 aliphatic rings. The molecule has 2 aromatic heterocycles. The molecule has 2 heterocycles. The number of aryl methyl sites for hydroxylation is 2. The van der Waals surface area contributed by atoms with E-state index in [9.17, 15) is 0 Å². The number of anilines is 1. The van der Waals surface area contributed by atoms with E-state index in [0.29, 0.717) is 0 Å². The lowest BCUT2D eigenvalue weighted by atomic mass is 9.98. The third-order valence-electron chi connectivity index (χ3n) is 3.26. The molecule has 0 amide bonds. The molecule has 0 aliphatic carbocycles. The van der Waals surface area contributed by atoms with Crippen LogP contribution in [0.2, 0.25) is 0 Å². The average Bonchev–Trinajstić information content (AvgIpc) is 2.73. The van der Waals surface area contributed by atoms with Crippen molar-refractivity contribution in [2.24, 2.45) is 0 Å². The Hall–Kier alpha value is -2.29. The van der Waals surface area contributed by atoms with Crippen LogP contribution in [0.25, 0.3) is 22.2 Å². The number of rotatable bonds is 1. The molecule has 0 spiro atoms. The van der Waals surface area contributed by atoms with E-state index >= 15 is 0 Å². The molecule has 0 radical (unpaired) electrons. The van der Waals surface area contributed by atoms with E-state index in [4.69, 9.17) is 5.73 Å². The van der Waals surface area contributed by atoms with Crippen molar-refractivity contribution in [3.05, 3.63) is 47.8 Å². The van der Waals surface area contributed by atoms with Gasteiger partial charge < -0.3 is 10.7 Å². The summed E-state index contributed by atoms with van der Waals surface area (Å²) in [5.41, 5.74) is 12.4. The Morgan fingerprint density at radius 3 is 2.56 bits per heavy atom. The van der Waals surface area contributed by atoms with E-state index in [1.165, 1.54) is 16.7 Å². The zero-order valence-electron chi connectivity index (χ0n) is 10.5. The van der Waals surface area contributed by atoms with Crippen LogP contribution in [0.15, 0.2) is 36.7 Å². The lowest BCUT2D eigenvalue weighted by Gasteiger charge is -2.08. The van der Waals surface area contributed by atoms with Gasteiger partial charge in [-0.05, 0) is 30.5 Å². The number of nitrogens with two attached hydrogens (primary N) is 1. The van der Waals surface area contributed by atoms with Gasteiger partial charge in [0, 0.05) is 17.8 Å². The second-order valence-corrected chi connectivity index (χ2v) is 4.65. The minimum atomic E-state index is 0.747. The minimum Gasteiger partial charge on any atom is -0.397 e. The highest BCUT2D eigenvalue weighted by Gasteiger charge is 2.12. The first kappa shape index (κ1) is 10.8. The summed E-state index contributed by atoms with van der Waals surface area (Å²) >= 11 is 0. The van der Waals surface area contributed by atoms with Gasteiger partial charge in [0.1, 0.15) is 5.65 Å². The van der Waals surface area contributed by atoms with E-state index in [-0.39, 0.29) is 0 Å². The molecule has 3 heteroatoms. The van der Waals surface area contributed by atoms with Crippen LogP contribution in [0.4, 0.5) is 5.69 Å². The van der Waals surface area contributed by atoms with Crippen molar-refractivity contribution in [1.82, 2.24) is 9.97 Å². The SMILES string of the molecule is Cc1ccc(-c2c(C)cnc3[nH]cc(N)c23)cc1. The van der Waals surface area contributed by atoms with Crippen LogP contribution >= 0.6 is 0 Å². The molecule has 0 fully saturated rings. The first-order valence-corrected chi connectivity index (χ1v) is 5.96. The van der Waals surface area contributed by atoms with Crippen LogP contribution in [0, 0.1) is 13.8 Å². The van der Waals surface area contributed by atoms with Crippen LogP contribution in [-0.2, 0) is 0 Å². The Kier molecular flexibility index (Phi) is 2.33. The first-order chi connectivity index (χ1) is 8.66. The summed E-state index contributed by atoms with van der Waals surface area (Å²) in [6, 6.07) is 8.49. The average molecular weight is 237 g/mol. The van der Waals surface area contributed by atoms with Crippen LogP contribution in [0.5, 0.6) is 0 Å². The van der Waals surface area contributed by atoms with Crippen molar-refractivity contribution in [3.63, 3.8) is 0 Å². The third kappa shape index (κ3) is 1.56. The van der Waals surface area contributed by atoms with Gasteiger partial charge in [0.2, 0.25) is 0 Å². The van der Waals surface area contributed by atoms with Crippen LogP contribution in [0.1, 0.15) is 11.1 Å². The number of aromatic amines is 1. The smallest absolute Gasteiger partial charge is 0.140 e. The van der Waals surface area contributed by atoms with E-state index in [1.54, 1.807) is 6.20 Å². The largest absolute Gasteiger partial charge is 0.397 e. The van der Waals surface area contributed by atoms with E-state index < -0.39 is 0 Å². The summed E-state index contributed by atoms with van der Waals surface area (Å²) in [6.07, 6.45) is 3.68. The number of nitrogen functional groups attached to an aromatic ring is 1. The summed E-state index contributed by atoms with van der Waals surface area (Å²) in [5.74, 6) is 0. The number of pyridine rings is 1. The predicted octanol–water partition coefficient (Wildman–Crippen LogP) is 3.43. The summed E-state index contributed by atoms with van der Waals surface area (Å²) in [6.45, 7) is 4.15. The Balaban J connectivity index is 2.36. The van der Waals surface area contributed by atoms with Crippen LogP contribution < -0.4 is 5.73 Å². The Labute approximate surface area is 106 Å². The van der Waals surface area contributed by atoms with Gasteiger partial charge in [-0.3, -0.25) is 0 Å². The molecule has 3 N–H and O–H groups in total. The van der Waals surface area contributed by atoms with Gasteiger partial charge in [-0.25, -0.2) is 4.98 Å². The molecule has 3 aromatic rings. The fraction of sp³-hybridized carbons (Fsp3) is 0.133. The molecule has 0 saturated heterocycles. The molecule has 3 rings (SSSR count). The van der Waals surface area contributed by atoms with Gasteiger partial charge in [-0.2, -0.15) is 0 Å². The molecular formula is C15H15N3. The van der Waals surface area contributed by atoms with Gasteiger partial charge in [-0.1, -0.05) is 29.8 Å². The fourth-order valence-electron chi connectivity index (χ4n) is 2.31. The standard InChI is InChI=1S/C15H15N3/c1-9-3-5-11(6-4-9)13-10(2)7-17-15-14(13)12(16)8-18-15/h3-8H,16H2,1-2H3,(H,17,18). The molecule has 0 atom stereocenters. The van der Waals surface area contributed by atoms with E-state index in [1.807, 2.05) is 6.20 Å². The number of hydrogen-bond donors (Lipinski definition) is 2. The van der Waals surface area contributed by atoms with Gasteiger partial charge in [-0.15, -0.1) is 0 Å². The van der Waals surface area contributed by atoms with Crippen molar-refractivity contribution in [2.75, 3.05) is 5.73 Å². The number of aromatic nitrogens is 2. The third-order valence-corrected chi connectivity index (χ3v) is 3.26. The maximum atomic E-state index is 6.04. The monoisotopic (exact) mass is 237 g/mol. The summed E-state index contributed by atoms with van der Waals surface area (Å²) in [7, 11) is 0. The maximum absolute atomic E-state index is 6.04. The van der Waals surface area contributed by atoms with Gasteiger partial charge >= 0.3 is 0 Å². The number of H-pyrrole nitrogens is 1. The predicted molar refractivity (Wildman–Crippen MR) is 75.4 cm³/mol. The quantitative estimate of drug-likeness (QED) is 0.681. The van der Waals surface area contributed by atoms with Gasteiger partial charge in [0.05, 0.1) is 5.69 Å². The number of nitrogens with zero attached hydrogens (tertiary/aromatic N) is 1.